The summed E-state index contributed by atoms with van der Waals surface area (Å²) < 4.78 is 2.44. The molecule has 3 amide bonds. The molecule has 7 heteroatoms. The number of rotatable bonds is 4. The summed E-state index contributed by atoms with van der Waals surface area (Å²) in [6, 6.07) is 2.66. The molecule has 2 aliphatic rings. The SMILES string of the molecule is Cc1cc(C=CC(=O)N2CCN(C(=O)C(=O)NC(C)C)CC2)c(C)n1C1CCCCC1. The van der Waals surface area contributed by atoms with Crippen molar-refractivity contribution in [1.82, 2.24) is 19.7 Å². The molecule has 0 bridgehead atoms. The Morgan fingerprint density at radius 1 is 1.00 bits per heavy atom. The van der Waals surface area contributed by atoms with Gasteiger partial charge in [0.15, 0.2) is 0 Å². The van der Waals surface area contributed by atoms with Crippen molar-refractivity contribution in [3.05, 3.63) is 29.1 Å². The Morgan fingerprint density at radius 2 is 1.61 bits per heavy atom. The molecule has 0 unspecified atom stereocenters. The Bertz CT molecular complexity index is 841. The van der Waals surface area contributed by atoms with Crippen molar-refractivity contribution in [3.8, 4) is 0 Å². The molecule has 0 spiro atoms. The summed E-state index contributed by atoms with van der Waals surface area (Å²) in [6.45, 7) is 9.54. The average Bonchev–Trinajstić information content (AvgIpc) is 3.04. The zero-order valence-corrected chi connectivity index (χ0v) is 19.3. The topological polar surface area (TPSA) is 74.7 Å². The molecule has 31 heavy (non-hydrogen) atoms. The largest absolute Gasteiger partial charge is 0.346 e. The van der Waals surface area contributed by atoms with E-state index in [1.54, 1.807) is 11.0 Å². The van der Waals surface area contributed by atoms with Gasteiger partial charge in [-0.15, -0.1) is 0 Å². The third kappa shape index (κ3) is 5.57. The van der Waals surface area contributed by atoms with Gasteiger partial charge in [-0.1, -0.05) is 19.3 Å². The molecule has 7 nitrogen and oxygen atoms in total. The van der Waals surface area contributed by atoms with Crippen LogP contribution >= 0.6 is 0 Å². The zero-order valence-electron chi connectivity index (χ0n) is 19.3. The number of nitrogens with zero attached hydrogens (tertiary/aromatic N) is 3. The van der Waals surface area contributed by atoms with Gasteiger partial charge in [0.05, 0.1) is 0 Å². The molecule has 3 rings (SSSR count). The van der Waals surface area contributed by atoms with E-state index in [0.29, 0.717) is 32.2 Å². The first-order valence-electron chi connectivity index (χ1n) is 11.5. The number of amides is 3. The highest BCUT2D eigenvalue weighted by molar-refractivity contribution is 6.35. The van der Waals surface area contributed by atoms with E-state index in [4.69, 9.17) is 0 Å². The van der Waals surface area contributed by atoms with E-state index in [2.05, 4.69) is 29.8 Å². The van der Waals surface area contributed by atoms with Gasteiger partial charge in [0, 0.05) is 55.7 Å². The number of aryl methyl sites for hydroxylation is 1. The molecule has 1 aliphatic carbocycles. The van der Waals surface area contributed by atoms with Gasteiger partial charge in [-0.2, -0.15) is 0 Å². The molecule has 0 aromatic carbocycles. The summed E-state index contributed by atoms with van der Waals surface area (Å²) in [4.78, 5) is 40.1. The number of hydrogen-bond acceptors (Lipinski definition) is 3. The van der Waals surface area contributed by atoms with E-state index in [-0.39, 0.29) is 11.9 Å². The van der Waals surface area contributed by atoms with Crippen LogP contribution in [-0.2, 0) is 14.4 Å². The molecule has 1 N–H and O–H groups in total. The van der Waals surface area contributed by atoms with E-state index in [0.717, 1.165) is 5.56 Å². The Hall–Kier alpha value is -2.57. The monoisotopic (exact) mass is 428 g/mol. The molecule has 1 aromatic rings. The lowest BCUT2D eigenvalue weighted by Crippen LogP contribution is -2.54. The highest BCUT2D eigenvalue weighted by Crippen LogP contribution is 2.32. The molecule has 1 aliphatic heterocycles. The van der Waals surface area contributed by atoms with Gasteiger partial charge in [0.1, 0.15) is 0 Å². The van der Waals surface area contributed by atoms with Crippen molar-refractivity contribution in [2.75, 3.05) is 26.2 Å². The van der Waals surface area contributed by atoms with Crippen LogP contribution in [0.3, 0.4) is 0 Å². The van der Waals surface area contributed by atoms with E-state index in [9.17, 15) is 14.4 Å². The first kappa shape index (κ1) is 23.1. The third-order valence-electron chi connectivity index (χ3n) is 6.36. The van der Waals surface area contributed by atoms with Crippen LogP contribution < -0.4 is 5.32 Å². The van der Waals surface area contributed by atoms with Gasteiger partial charge in [-0.05, 0) is 58.2 Å². The summed E-state index contributed by atoms with van der Waals surface area (Å²) in [5.41, 5.74) is 3.57. The molecule has 2 fully saturated rings. The van der Waals surface area contributed by atoms with Crippen LogP contribution in [0.2, 0.25) is 0 Å². The normalized spacial score (nSPS) is 18.1. The fourth-order valence-corrected chi connectivity index (χ4v) is 4.74. The second-order valence-electron chi connectivity index (χ2n) is 9.07. The lowest BCUT2D eigenvalue weighted by molar-refractivity contribution is -0.148. The van der Waals surface area contributed by atoms with Crippen LogP contribution in [0.25, 0.3) is 6.08 Å². The molecule has 170 valence electrons. The van der Waals surface area contributed by atoms with Crippen LogP contribution in [0.15, 0.2) is 12.1 Å². The molecule has 0 radical (unpaired) electrons. The number of carbonyl (C=O) groups excluding carboxylic acids is 3. The highest BCUT2D eigenvalue weighted by Gasteiger charge is 2.27. The summed E-state index contributed by atoms with van der Waals surface area (Å²) in [5.74, 6) is -1.16. The van der Waals surface area contributed by atoms with E-state index in [1.807, 2.05) is 19.9 Å². The second-order valence-corrected chi connectivity index (χ2v) is 9.07. The van der Waals surface area contributed by atoms with Gasteiger partial charge in [0.2, 0.25) is 5.91 Å². The van der Waals surface area contributed by atoms with Crippen LogP contribution in [-0.4, -0.2) is 64.3 Å². The molecular formula is C24H36N4O3. The fourth-order valence-electron chi connectivity index (χ4n) is 4.74. The molecule has 0 atom stereocenters. The standard InChI is InChI=1S/C24H36N4O3/c1-17(2)25-23(30)24(31)27-14-12-26(13-15-27)22(29)11-10-20-16-18(3)28(19(20)4)21-8-6-5-7-9-21/h10-11,16-17,21H,5-9,12-15H2,1-4H3,(H,25,30). The van der Waals surface area contributed by atoms with Crippen molar-refractivity contribution >= 4 is 23.8 Å². The van der Waals surface area contributed by atoms with Crippen molar-refractivity contribution in [2.24, 2.45) is 0 Å². The van der Waals surface area contributed by atoms with Gasteiger partial charge < -0.3 is 19.7 Å². The number of hydrogen-bond donors (Lipinski definition) is 1. The van der Waals surface area contributed by atoms with Crippen molar-refractivity contribution < 1.29 is 14.4 Å². The quantitative estimate of drug-likeness (QED) is 0.592. The van der Waals surface area contributed by atoms with Gasteiger partial charge in [0.25, 0.3) is 0 Å². The summed E-state index contributed by atoms with van der Waals surface area (Å²) in [5, 5.41) is 2.62. The Labute approximate surface area is 185 Å². The van der Waals surface area contributed by atoms with Gasteiger partial charge in [-0.25, -0.2) is 0 Å². The smallest absolute Gasteiger partial charge is 0.312 e. The summed E-state index contributed by atoms with van der Waals surface area (Å²) in [6.07, 6.45) is 9.93. The fraction of sp³-hybridized carbons (Fsp3) is 0.625. The molecular weight excluding hydrogens is 392 g/mol. The molecule has 1 saturated heterocycles. The van der Waals surface area contributed by atoms with E-state index in [1.165, 1.54) is 48.4 Å². The predicted molar refractivity (Wildman–Crippen MR) is 122 cm³/mol. The van der Waals surface area contributed by atoms with Gasteiger partial charge in [-0.3, -0.25) is 14.4 Å². The third-order valence-corrected chi connectivity index (χ3v) is 6.36. The maximum Gasteiger partial charge on any atom is 0.312 e. The van der Waals surface area contributed by atoms with E-state index >= 15 is 0 Å². The highest BCUT2D eigenvalue weighted by atomic mass is 16.2. The average molecular weight is 429 g/mol. The number of carbonyl (C=O) groups is 3. The minimum atomic E-state index is -0.581. The van der Waals surface area contributed by atoms with E-state index < -0.39 is 11.8 Å². The molecule has 2 heterocycles. The Morgan fingerprint density at radius 3 is 2.23 bits per heavy atom. The zero-order chi connectivity index (χ0) is 22.5. The summed E-state index contributed by atoms with van der Waals surface area (Å²) >= 11 is 0. The van der Waals surface area contributed by atoms with Gasteiger partial charge >= 0.3 is 11.8 Å². The maximum absolute atomic E-state index is 12.7. The van der Waals surface area contributed by atoms with Crippen LogP contribution in [0.5, 0.6) is 0 Å². The Kier molecular flexibility index (Phi) is 7.57. The van der Waals surface area contributed by atoms with Crippen LogP contribution in [0, 0.1) is 13.8 Å². The van der Waals surface area contributed by atoms with Crippen LogP contribution in [0.1, 0.15) is 68.9 Å². The number of nitrogens with one attached hydrogen (secondary N) is 1. The Balaban J connectivity index is 1.57. The van der Waals surface area contributed by atoms with Crippen LogP contribution in [0.4, 0.5) is 0 Å². The summed E-state index contributed by atoms with van der Waals surface area (Å²) in [7, 11) is 0. The molecule has 1 aromatic heterocycles. The lowest BCUT2D eigenvalue weighted by atomic mass is 9.95. The minimum Gasteiger partial charge on any atom is -0.346 e. The predicted octanol–water partition coefficient (Wildman–Crippen LogP) is 2.82. The second kappa shape index (κ2) is 10.2. The number of piperazine rings is 1. The molecule has 1 saturated carbocycles. The first-order valence-corrected chi connectivity index (χ1v) is 11.5. The van der Waals surface area contributed by atoms with Crippen molar-refractivity contribution in [2.45, 2.75) is 71.9 Å². The van der Waals surface area contributed by atoms with Crippen molar-refractivity contribution in [3.63, 3.8) is 0 Å². The first-order chi connectivity index (χ1) is 14.8. The lowest BCUT2D eigenvalue weighted by Gasteiger charge is -2.33. The number of aromatic nitrogens is 1. The maximum atomic E-state index is 12.7. The van der Waals surface area contributed by atoms with Crippen molar-refractivity contribution in [1.29, 1.82) is 0 Å². The minimum absolute atomic E-state index is 0.0544.